The number of nitrogens with two attached hydrogens (primary N) is 1. The molecule has 2 rings (SSSR count). The van der Waals surface area contributed by atoms with E-state index in [2.05, 4.69) is 4.90 Å². The Balaban J connectivity index is 2.11. The monoisotopic (exact) mass is 194 g/mol. The highest BCUT2D eigenvalue weighted by atomic mass is 19.1. The van der Waals surface area contributed by atoms with Crippen LogP contribution < -0.4 is 5.73 Å². The van der Waals surface area contributed by atoms with Gasteiger partial charge in [-0.05, 0) is 42.8 Å². The quantitative estimate of drug-likeness (QED) is 0.790. The molecule has 14 heavy (non-hydrogen) atoms. The second-order valence-electron chi connectivity index (χ2n) is 3.80. The second kappa shape index (κ2) is 4.07. The van der Waals surface area contributed by atoms with Crippen molar-refractivity contribution in [3.05, 3.63) is 35.1 Å². The topological polar surface area (TPSA) is 29.3 Å². The van der Waals surface area contributed by atoms with Crippen LogP contribution in [0.1, 0.15) is 17.5 Å². The zero-order valence-corrected chi connectivity index (χ0v) is 8.17. The van der Waals surface area contributed by atoms with E-state index < -0.39 is 0 Å². The maximum atomic E-state index is 13.1. The summed E-state index contributed by atoms with van der Waals surface area (Å²) >= 11 is 0. The molecule has 0 aromatic heterocycles. The number of hydrogen-bond donors (Lipinski definition) is 1. The predicted octanol–water partition coefficient (Wildman–Crippen LogP) is 1.49. The van der Waals surface area contributed by atoms with Crippen LogP contribution in [0.25, 0.3) is 0 Å². The Labute approximate surface area is 83.5 Å². The van der Waals surface area contributed by atoms with Gasteiger partial charge in [-0.15, -0.1) is 0 Å². The summed E-state index contributed by atoms with van der Waals surface area (Å²) in [4.78, 5) is 2.30. The van der Waals surface area contributed by atoms with E-state index in [1.165, 1.54) is 12.5 Å². The second-order valence-corrected chi connectivity index (χ2v) is 3.80. The zero-order valence-electron chi connectivity index (χ0n) is 8.17. The van der Waals surface area contributed by atoms with Gasteiger partial charge in [0.05, 0.1) is 0 Å². The standard InChI is InChI=1S/C11H15FN2/c12-11-5-9(7-13)4-10(6-11)8-14-2-1-3-14/h4-6H,1-3,7-8,13H2. The van der Waals surface area contributed by atoms with Gasteiger partial charge in [0.15, 0.2) is 0 Å². The number of benzene rings is 1. The Morgan fingerprint density at radius 3 is 2.50 bits per heavy atom. The van der Waals surface area contributed by atoms with Crippen molar-refractivity contribution in [2.75, 3.05) is 13.1 Å². The SMILES string of the molecule is NCc1cc(F)cc(CN2CCC2)c1. The molecular formula is C11H15FN2. The zero-order chi connectivity index (χ0) is 9.97. The van der Waals surface area contributed by atoms with Crippen LogP contribution in [-0.2, 0) is 13.1 Å². The van der Waals surface area contributed by atoms with Crippen LogP contribution in [0, 0.1) is 5.82 Å². The maximum Gasteiger partial charge on any atom is 0.123 e. The molecule has 1 fully saturated rings. The summed E-state index contributed by atoms with van der Waals surface area (Å²) in [6, 6.07) is 5.08. The van der Waals surface area contributed by atoms with E-state index in [1.54, 1.807) is 6.07 Å². The van der Waals surface area contributed by atoms with Gasteiger partial charge in [-0.25, -0.2) is 4.39 Å². The maximum absolute atomic E-state index is 13.1. The van der Waals surface area contributed by atoms with E-state index in [9.17, 15) is 4.39 Å². The van der Waals surface area contributed by atoms with Crippen molar-refractivity contribution < 1.29 is 4.39 Å². The van der Waals surface area contributed by atoms with Gasteiger partial charge < -0.3 is 5.73 Å². The molecule has 1 aromatic carbocycles. The number of hydrogen-bond acceptors (Lipinski definition) is 2. The van der Waals surface area contributed by atoms with Crippen LogP contribution in [-0.4, -0.2) is 18.0 Å². The molecule has 1 aliphatic heterocycles. The van der Waals surface area contributed by atoms with Crippen molar-refractivity contribution in [2.24, 2.45) is 5.73 Å². The van der Waals surface area contributed by atoms with Gasteiger partial charge in [0.1, 0.15) is 5.82 Å². The molecular weight excluding hydrogens is 179 g/mol. The van der Waals surface area contributed by atoms with Gasteiger partial charge in [-0.1, -0.05) is 6.07 Å². The van der Waals surface area contributed by atoms with Crippen LogP contribution in [0.2, 0.25) is 0 Å². The lowest BCUT2D eigenvalue weighted by atomic mass is 10.1. The van der Waals surface area contributed by atoms with E-state index in [0.29, 0.717) is 6.54 Å². The van der Waals surface area contributed by atoms with Gasteiger partial charge in [0, 0.05) is 13.1 Å². The van der Waals surface area contributed by atoms with E-state index in [-0.39, 0.29) is 5.82 Å². The Bertz CT molecular complexity index is 321. The Morgan fingerprint density at radius 1 is 1.21 bits per heavy atom. The van der Waals surface area contributed by atoms with E-state index in [1.807, 2.05) is 6.07 Å². The minimum Gasteiger partial charge on any atom is -0.326 e. The normalized spacial score (nSPS) is 16.7. The number of nitrogens with zero attached hydrogens (tertiary/aromatic N) is 1. The fraction of sp³-hybridized carbons (Fsp3) is 0.455. The van der Waals surface area contributed by atoms with E-state index in [0.717, 1.165) is 30.8 Å². The molecule has 3 heteroatoms. The summed E-state index contributed by atoms with van der Waals surface area (Å²) in [5.74, 6) is -0.177. The molecule has 0 bridgehead atoms. The van der Waals surface area contributed by atoms with Gasteiger partial charge >= 0.3 is 0 Å². The third kappa shape index (κ3) is 2.11. The summed E-state index contributed by atoms with van der Waals surface area (Å²) in [6.07, 6.45) is 1.26. The molecule has 0 radical (unpaired) electrons. The van der Waals surface area contributed by atoms with Crippen molar-refractivity contribution >= 4 is 0 Å². The highest BCUT2D eigenvalue weighted by Gasteiger charge is 2.14. The first kappa shape index (κ1) is 9.62. The van der Waals surface area contributed by atoms with E-state index in [4.69, 9.17) is 5.73 Å². The molecule has 2 N–H and O–H groups in total. The lowest BCUT2D eigenvalue weighted by Gasteiger charge is -2.30. The van der Waals surface area contributed by atoms with Crippen LogP contribution in [0.5, 0.6) is 0 Å². The van der Waals surface area contributed by atoms with Crippen molar-refractivity contribution in [3.8, 4) is 0 Å². The molecule has 1 heterocycles. The molecule has 0 atom stereocenters. The van der Waals surface area contributed by atoms with Crippen LogP contribution >= 0.6 is 0 Å². The van der Waals surface area contributed by atoms with Crippen LogP contribution in [0.3, 0.4) is 0 Å². The smallest absolute Gasteiger partial charge is 0.123 e. The summed E-state index contributed by atoms with van der Waals surface area (Å²) in [7, 11) is 0. The summed E-state index contributed by atoms with van der Waals surface area (Å²) in [6.45, 7) is 3.53. The highest BCUT2D eigenvalue weighted by molar-refractivity contribution is 5.24. The molecule has 0 saturated carbocycles. The van der Waals surface area contributed by atoms with Crippen LogP contribution in [0.4, 0.5) is 4.39 Å². The molecule has 0 aliphatic carbocycles. The Kier molecular flexibility index (Phi) is 2.79. The average molecular weight is 194 g/mol. The number of likely N-dealkylation sites (tertiary alicyclic amines) is 1. The van der Waals surface area contributed by atoms with Gasteiger partial charge in [0.2, 0.25) is 0 Å². The third-order valence-corrected chi connectivity index (χ3v) is 2.61. The summed E-state index contributed by atoms with van der Waals surface area (Å²) < 4.78 is 13.1. The molecule has 0 amide bonds. The highest BCUT2D eigenvalue weighted by Crippen LogP contribution is 2.15. The molecule has 0 unspecified atom stereocenters. The summed E-state index contributed by atoms with van der Waals surface area (Å²) in [5, 5.41) is 0. The number of rotatable bonds is 3. The molecule has 76 valence electrons. The lowest BCUT2D eigenvalue weighted by molar-refractivity contribution is 0.172. The molecule has 0 spiro atoms. The van der Waals surface area contributed by atoms with Gasteiger partial charge in [-0.2, -0.15) is 0 Å². The average Bonchev–Trinajstić information content (AvgIpc) is 2.10. The predicted molar refractivity (Wildman–Crippen MR) is 54.2 cm³/mol. The van der Waals surface area contributed by atoms with Crippen molar-refractivity contribution in [1.29, 1.82) is 0 Å². The van der Waals surface area contributed by atoms with Gasteiger partial charge in [0.25, 0.3) is 0 Å². The molecule has 1 saturated heterocycles. The Hall–Kier alpha value is -0.930. The third-order valence-electron chi connectivity index (χ3n) is 2.61. The first-order valence-corrected chi connectivity index (χ1v) is 4.99. The Morgan fingerprint density at radius 2 is 1.93 bits per heavy atom. The minimum atomic E-state index is -0.177. The van der Waals surface area contributed by atoms with Crippen LogP contribution in [0.15, 0.2) is 18.2 Å². The molecule has 1 aromatic rings. The summed E-state index contributed by atoms with van der Waals surface area (Å²) in [5.41, 5.74) is 7.39. The van der Waals surface area contributed by atoms with Crippen molar-refractivity contribution in [2.45, 2.75) is 19.5 Å². The first-order chi connectivity index (χ1) is 6.78. The van der Waals surface area contributed by atoms with Crippen molar-refractivity contribution in [3.63, 3.8) is 0 Å². The first-order valence-electron chi connectivity index (χ1n) is 4.99. The van der Waals surface area contributed by atoms with Crippen molar-refractivity contribution in [1.82, 2.24) is 4.90 Å². The minimum absolute atomic E-state index is 0.177. The largest absolute Gasteiger partial charge is 0.326 e. The fourth-order valence-corrected chi connectivity index (χ4v) is 1.72. The van der Waals surface area contributed by atoms with Gasteiger partial charge in [-0.3, -0.25) is 4.90 Å². The number of halogens is 1. The van der Waals surface area contributed by atoms with E-state index >= 15 is 0 Å². The fourth-order valence-electron chi connectivity index (χ4n) is 1.72. The molecule has 2 nitrogen and oxygen atoms in total. The lowest BCUT2D eigenvalue weighted by Crippen LogP contribution is -2.36. The molecule has 1 aliphatic rings.